The molecule has 1 aromatic rings. The molecule has 0 aliphatic carbocycles. The molecule has 1 heterocycles. The topological polar surface area (TPSA) is 82.4 Å². The van der Waals surface area contributed by atoms with E-state index in [-0.39, 0.29) is 18.4 Å². The second-order valence-electron chi connectivity index (χ2n) is 4.21. The molecule has 6 nitrogen and oxygen atoms in total. The zero-order valence-electron chi connectivity index (χ0n) is 10.6. The van der Waals surface area contributed by atoms with Crippen LogP contribution in [0.1, 0.15) is 12.5 Å². The van der Waals surface area contributed by atoms with Crippen molar-refractivity contribution in [1.82, 2.24) is 5.32 Å². The van der Waals surface area contributed by atoms with Crippen LogP contribution in [0.5, 0.6) is 5.75 Å². The monoisotopic (exact) mass is 259 g/mol. The Kier molecular flexibility index (Phi) is 3.38. The van der Waals surface area contributed by atoms with Crippen molar-refractivity contribution in [3.05, 3.63) is 23.8 Å². The highest BCUT2D eigenvalue weighted by Gasteiger charge is 2.31. The van der Waals surface area contributed by atoms with Crippen molar-refractivity contribution in [1.29, 1.82) is 5.26 Å². The van der Waals surface area contributed by atoms with Crippen LogP contribution in [0, 0.1) is 11.3 Å². The Bertz CT molecular complexity index is 577. The molecule has 0 aromatic heterocycles. The van der Waals surface area contributed by atoms with Crippen molar-refractivity contribution >= 4 is 17.5 Å². The van der Waals surface area contributed by atoms with Gasteiger partial charge >= 0.3 is 0 Å². The minimum absolute atomic E-state index is 0.0365. The summed E-state index contributed by atoms with van der Waals surface area (Å²) < 4.78 is 5.11. The van der Waals surface area contributed by atoms with Gasteiger partial charge in [-0.05, 0) is 19.1 Å². The van der Waals surface area contributed by atoms with Gasteiger partial charge in [0.05, 0.1) is 24.9 Å². The predicted molar refractivity (Wildman–Crippen MR) is 67.7 cm³/mol. The Hall–Kier alpha value is -2.55. The maximum absolute atomic E-state index is 11.7. The number of hydrogen-bond donors (Lipinski definition) is 1. The fourth-order valence-electron chi connectivity index (χ4n) is 1.98. The molecule has 0 saturated carbocycles. The summed E-state index contributed by atoms with van der Waals surface area (Å²) in [4.78, 5) is 24.7. The maximum atomic E-state index is 11.7. The molecule has 1 N–H and O–H groups in total. The first-order valence-electron chi connectivity index (χ1n) is 5.75. The Balaban J connectivity index is 2.47. The van der Waals surface area contributed by atoms with E-state index >= 15 is 0 Å². The number of imide groups is 1. The molecule has 1 aliphatic heterocycles. The van der Waals surface area contributed by atoms with Gasteiger partial charge in [0.25, 0.3) is 0 Å². The van der Waals surface area contributed by atoms with Gasteiger partial charge in [-0.3, -0.25) is 14.9 Å². The van der Waals surface area contributed by atoms with Gasteiger partial charge in [0.15, 0.2) is 0 Å². The molecule has 2 rings (SSSR count). The van der Waals surface area contributed by atoms with Gasteiger partial charge in [0, 0.05) is 6.07 Å². The van der Waals surface area contributed by atoms with Crippen LogP contribution in [0.4, 0.5) is 5.69 Å². The van der Waals surface area contributed by atoms with Gasteiger partial charge in [0.2, 0.25) is 11.8 Å². The molecule has 0 radical (unpaired) electrons. The molecule has 19 heavy (non-hydrogen) atoms. The Morgan fingerprint density at radius 3 is 2.84 bits per heavy atom. The predicted octanol–water partition coefficient (Wildman–Crippen LogP) is 0.418. The number of ether oxygens (including phenoxy) is 1. The number of hydrogen-bond acceptors (Lipinski definition) is 5. The number of piperazine rings is 1. The third kappa shape index (κ3) is 2.36. The largest absolute Gasteiger partial charge is 0.497 e. The molecular weight excluding hydrogens is 246 g/mol. The van der Waals surface area contributed by atoms with Crippen molar-refractivity contribution in [2.75, 3.05) is 18.6 Å². The normalized spacial score (nSPS) is 18.8. The van der Waals surface area contributed by atoms with E-state index in [9.17, 15) is 9.59 Å². The van der Waals surface area contributed by atoms with E-state index in [4.69, 9.17) is 10.00 Å². The Labute approximate surface area is 110 Å². The van der Waals surface area contributed by atoms with E-state index in [2.05, 4.69) is 11.4 Å². The number of rotatable bonds is 2. The first kappa shape index (κ1) is 12.9. The van der Waals surface area contributed by atoms with E-state index < -0.39 is 6.04 Å². The number of anilines is 1. The van der Waals surface area contributed by atoms with Gasteiger partial charge in [0.1, 0.15) is 17.9 Å². The smallest absolute Gasteiger partial charge is 0.249 e. The van der Waals surface area contributed by atoms with Crippen molar-refractivity contribution in [3.8, 4) is 11.8 Å². The average molecular weight is 259 g/mol. The molecule has 1 unspecified atom stereocenters. The van der Waals surface area contributed by atoms with Crippen molar-refractivity contribution in [2.45, 2.75) is 13.0 Å². The van der Waals surface area contributed by atoms with E-state index in [0.29, 0.717) is 17.0 Å². The van der Waals surface area contributed by atoms with Crippen LogP contribution >= 0.6 is 0 Å². The second kappa shape index (κ2) is 4.98. The summed E-state index contributed by atoms with van der Waals surface area (Å²) in [5.74, 6) is -0.183. The molecule has 6 heteroatoms. The van der Waals surface area contributed by atoms with Crippen LogP contribution < -0.4 is 15.0 Å². The standard InChI is InChI=1S/C13H13N3O3/c1-8-13(18)15-12(17)7-16(8)11-5-10(19-2)4-3-9(11)6-14/h3-5,8H,7H2,1-2H3,(H,15,17,18). The zero-order valence-corrected chi connectivity index (χ0v) is 10.6. The molecular formula is C13H13N3O3. The number of amides is 2. The van der Waals surface area contributed by atoms with Crippen molar-refractivity contribution in [3.63, 3.8) is 0 Å². The van der Waals surface area contributed by atoms with Gasteiger partial charge in [-0.25, -0.2) is 0 Å². The Morgan fingerprint density at radius 2 is 2.21 bits per heavy atom. The summed E-state index contributed by atoms with van der Waals surface area (Å²) in [6.45, 7) is 1.72. The number of benzene rings is 1. The SMILES string of the molecule is COc1ccc(C#N)c(N2CC(=O)NC(=O)C2C)c1. The van der Waals surface area contributed by atoms with Crippen LogP contribution in [0.2, 0.25) is 0 Å². The minimum atomic E-state index is -0.517. The molecule has 0 bridgehead atoms. The molecule has 1 aromatic carbocycles. The maximum Gasteiger partial charge on any atom is 0.249 e. The summed E-state index contributed by atoms with van der Waals surface area (Å²) in [6, 6.07) is 6.47. The van der Waals surface area contributed by atoms with Crippen molar-refractivity contribution in [2.24, 2.45) is 0 Å². The number of carbonyl (C=O) groups excluding carboxylic acids is 2. The lowest BCUT2D eigenvalue weighted by atomic mass is 10.1. The highest BCUT2D eigenvalue weighted by molar-refractivity contribution is 6.04. The van der Waals surface area contributed by atoms with E-state index in [0.717, 1.165) is 0 Å². The lowest BCUT2D eigenvalue weighted by Gasteiger charge is -2.34. The third-order valence-corrected chi connectivity index (χ3v) is 3.06. The number of carbonyl (C=O) groups is 2. The van der Waals surface area contributed by atoms with Gasteiger partial charge in [-0.15, -0.1) is 0 Å². The van der Waals surface area contributed by atoms with Gasteiger partial charge in [-0.2, -0.15) is 5.26 Å². The summed E-state index contributed by atoms with van der Waals surface area (Å²) >= 11 is 0. The summed E-state index contributed by atoms with van der Waals surface area (Å²) in [5.41, 5.74) is 0.924. The van der Waals surface area contributed by atoms with Crippen LogP contribution in [0.3, 0.4) is 0 Å². The second-order valence-corrected chi connectivity index (χ2v) is 4.21. The minimum Gasteiger partial charge on any atom is -0.497 e. The molecule has 2 amide bonds. The van der Waals surface area contributed by atoms with E-state index in [1.54, 1.807) is 30.0 Å². The number of nitrogens with one attached hydrogen (secondary N) is 1. The van der Waals surface area contributed by atoms with Gasteiger partial charge in [-0.1, -0.05) is 0 Å². The first-order chi connectivity index (χ1) is 9.06. The molecule has 98 valence electrons. The quantitative estimate of drug-likeness (QED) is 0.778. The number of nitrogens with zero attached hydrogens (tertiary/aromatic N) is 2. The molecule has 1 fully saturated rings. The highest BCUT2D eigenvalue weighted by Crippen LogP contribution is 2.28. The number of methoxy groups -OCH3 is 1. The van der Waals surface area contributed by atoms with Gasteiger partial charge < -0.3 is 9.64 Å². The highest BCUT2D eigenvalue weighted by atomic mass is 16.5. The lowest BCUT2D eigenvalue weighted by molar-refractivity contribution is -0.132. The van der Waals surface area contributed by atoms with E-state index in [1.165, 1.54) is 7.11 Å². The first-order valence-corrected chi connectivity index (χ1v) is 5.75. The Morgan fingerprint density at radius 1 is 1.47 bits per heavy atom. The summed E-state index contributed by atoms with van der Waals surface area (Å²) in [6.07, 6.45) is 0. The van der Waals surface area contributed by atoms with Crippen LogP contribution in [-0.2, 0) is 9.59 Å². The average Bonchev–Trinajstić information content (AvgIpc) is 2.42. The van der Waals surface area contributed by atoms with E-state index in [1.807, 2.05) is 0 Å². The third-order valence-electron chi connectivity index (χ3n) is 3.06. The fourth-order valence-corrected chi connectivity index (χ4v) is 1.98. The lowest BCUT2D eigenvalue weighted by Crippen LogP contribution is -2.57. The molecule has 1 atom stereocenters. The molecule has 1 aliphatic rings. The van der Waals surface area contributed by atoms with Crippen molar-refractivity contribution < 1.29 is 14.3 Å². The molecule has 1 saturated heterocycles. The van der Waals surface area contributed by atoms with Crippen LogP contribution in [-0.4, -0.2) is 31.5 Å². The molecule has 0 spiro atoms. The summed E-state index contributed by atoms with van der Waals surface area (Å²) in [7, 11) is 1.52. The zero-order chi connectivity index (χ0) is 14.0. The number of nitriles is 1. The van der Waals surface area contributed by atoms with Crippen LogP contribution in [0.15, 0.2) is 18.2 Å². The summed E-state index contributed by atoms with van der Waals surface area (Å²) in [5, 5.41) is 11.4. The fraction of sp³-hybridized carbons (Fsp3) is 0.308. The van der Waals surface area contributed by atoms with Crippen LogP contribution in [0.25, 0.3) is 0 Å².